The zero-order valence-electron chi connectivity index (χ0n) is 11.8. The van der Waals surface area contributed by atoms with Crippen molar-refractivity contribution < 1.29 is 9.18 Å². The minimum Gasteiger partial charge on any atom is -0.300 e. The number of nitrogens with zero attached hydrogens (tertiary/aromatic N) is 1. The monoisotopic (exact) mass is 312 g/mol. The Labute approximate surface area is 132 Å². The van der Waals surface area contributed by atoms with Gasteiger partial charge < -0.3 is 5.32 Å². The highest BCUT2D eigenvalue weighted by Gasteiger charge is 2.24. The highest BCUT2D eigenvalue weighted by atomic mass is 32.2. The Kier molecular flexibility index (Phi) is 4.06. The lowest BCUT2D eigenvalue weighted by Crippen LogP contribution is -2.19. The molecule has 0 spiro atoms. The molecule has 0 saturated carbocycles. The SMILES string of the molecule is Cc1ccc(N=C2NC(=O)/C(=C\c3ccccc3F)S2)cc1. The Balaban J connectivity index is 1.84. The van der Waals surface area contributed by atoms with Crippen LogP contribution in [0.3, 0.4) is 0 Å². The summed E-state index contributed by atoms with van der Waals surface area (Å²) in [5.74, 6) is -0.619. The number of rotatable bonds is 2. The average Bonchev–Trinajstić information content (AvgIpc) is 2.84. The van der Waals surface area contributed by atoms with Crippen LogP contribution in [0.2, 0.25) is 0 Å². The molecule has 1 aliphatic heterocycles. The van der Waals surface area contributed by atoms with Crippen LogP contribution in [0.1, 0.15) is 11.1 Å². The summed E-state index contributed by atoms with van der Waals surface area (Å²) >= 11 is 1.21. The van der Waals surface area contributed by atoms with Crippen molar-refractivity contribution in [1.82, 2.24) is 5.32 Å². The summed E-state index contributed by atoms with van der Waals surface area (Å²) < 4.78 is 13.6. The highest BCUT2D eigenvalue weighted by Crippen LogP contribution is 2.28. The number of hydrogen-bond acceptors (Lipinski definition) is 3. The van der Waals surface area contributed by atoms with Crippen molar-refractivity contribution in [3.63, 3.8) is 0 Å². The number of carbonyl (C=O) groups is 1. The van der Waals surface area contributed by atoms with E-state index in [1.807, 2.05) is 31.2 Å². The van der Waals surface area contributed by atoms with E-state index in [2.05, 4.69) is 10.3 Å². The van der Waals surface area contributed by atoms with E-state index in [1.165, 1.54) is 23.9 Å². The molecule has 1 fully saturated rings. The smallest absolute Gasteiger partial charge is 0.264 e. The Hall–Kier alpha value is -2.40. The van der Waals surface area contributed by atoms with Crippen LogP contribution in [0.15, 0.2) is 58.4 Å². The minimum atomic E-state index is -0.354. The second kappa shape index (κ2) is 6.15. The van der Waals surface area contributed by atoms with Crippen molar-refractivity contribution in [2.45, 2.75) is 6.92 Å². The molecule has 0 atom stereocenters. The van der Waals surface area contributed by atoms with Gasteiger partial charge in [0.2, 0.25) is 0 Å². The molecule has 22 heavy (non-hydrogen) atoms. The lowest BCUT2D eigenvalue weighted by Gasteiger charge is -1.97. The first-order valence-corrected chi connectivity index (χ1v) is 7.54. The Morgan fingerprint density at radius 3 is 2.59 bits per heavy atom. The van der Waals surface area contributed by atoms with Crippen molar-refractivity contribution in [3.05, 3.63) is 70.4 Å². The fourth-order valence-corrected chi connectivity index (χ4v) is 2.78. The molecule has 0 unspecified atom stereocenters. The van der Waals surface area contributed by atoms with E-state index < -0.39 is 0 Å². The quantitative estimate of drug-likeness (QED) is 0.851. The molecule has 2 aromatic carbocycles. The van der Waals surface area contributed by atoms with Gasteiger partial charge in [-0.15, -0.1) is 0 Å². The van der Waals surface area contributed by atoms with Gasteiger partial charge in [-0.25, -0.2) is 9.38 Å². The fraction of sp³-hybridized carbons (Fsp3) is 0.0588. The van der Waals surface area contributed by atoms with E-state index >= 15 is 0 Å². The molecule has 1 N–H and O–H groups in total. The number of nitrogens with one attached hydrogen (secondary N) is 1. The maximum atomic E-state index is 13.6. The fourth-order valence-electron chi connectivity index (χ4n) is 1.95. The lowest BCUT2D eigenvalue weighted by atomic mass is 10.2. The number of aryl methyl sites for hydroxylation is 1. The van der Waals surface area contributed by atoms with Crippen LogP contribution >= 0.6 is 11.8 Å². The topological polar surface area (TPSA) is 41.5 Å². The highest BCUT2D eigenvalue weighted by molar-refractivity contribution is 8.18. The van der Waals surface area contributed by atoms with Crippen molar-refractivity contribution in [3.8, 4) is 0 Å². The van der Waals surface area contributed by atoms with E-state index in [0.29, 0.717) is 15.6 Å². The Morgan fingerprint density at radius 1 is 1.14 bits per heavy atom. The maximum Gasteiger partial charge on any atom is 0.264 e. The second-order valence-corrected chi connectivity index (χ2v) is 5.87. The molecule has 0 radical (unpaired) electrons. The van der Waals surface area contributed by atoms with E-state index in [9.17, 15) is 9.18 Å². The third kappa shape index (κ3) is 3.26. The molecule has 1 aliphatic rings. The predicted octanol–water partition coefficient (Wildman–Crippen LogP) is 4.03. The largest absolute Gasteiger partial charge is 0.300 e. The number of amides is 1. The van der Waals surface area contributed by atoms with Gasteiger partial charge in [0.05, 0.1) is 10.6 Å². The van der Waals surface area contributed by atoms with Crippen LogP contribution in [-0.4, -0.2) is 11.1 Å². The predicted molar refractivity (Wildman–Crippen MR) is 88.4 cm³/mol. The molecule has 5 heteroatoms. The van der Waals surface area contributed by atoms with E-state index in [-0.39, 0.29) is 11.7 Å². The molecule has 0 aromatic heterocycles. The number of benzene rings is 2. The van der Waals surface area contributed by atoms with Gasteiger partial charge in [-0.1, -0.05) is 35.9 Å². The molecule has 1 amide bonds. The zero-order valence-corrected chi connectivity index (χ0v) is 12.7. The third-order valence-electron chi connectivity index (χ3n) is 3.11. The van der Waals surface area contributed by atoms with Crippen molar-refractivity contribution in [2.24, 2.45) is 4.99 Å². The zero-order chi connectivity index (χ0) is 15.5. The molecule has 0 bridgehead atoms. The number of amidine groups is 1. The molecule has 0 aliphatic carbocycles. The van der Waals surface area contributed by atoms with Crippen molar-refractivity contribution in [2.75, 3.05) is 0 Å². The maximum absolute atomic E-state index is 13.6. The standard InChI is InChI=1S/C17H13FN2OS/c1-11-6-8-13(9-7-11)19-17-20-16(21)15(22-17)10-12-4-2-3-5-14(12)18/h2-10H,1H3,(H,19,20,21)/b15-10+. The summed E-state index contributed by atoms with van der Waals surface area (Å²) in [5, 5.41) is 3.19. The average molecular weight is 312 g/mol. The summed E-state index contributed by atoms with van der Waals surface area (Å²) in [7, 11) is 0. The van der Waals surface area contributed by atoms with Crippen LogP contribution in [-0.2, 0) is 4.79 Å². The van der Waals surface area contributed by atoms with E-state index in [4.69, 9.17) is 0 Å². The molecule has 110 valence electrons. The van der Waals surface area contributed by atoms with E-state index in [1.54, 1.807) is 18.2 Å². The van der Waals surface area contributed by atoms with E-state index in [0.717, 1.165) is 11.3 Å². The Bertz CT molecular complexity index is 782. The normalized spacial score (nSPS) is 18.0. The molecule has 3 rings (SSSR count). The first-order chi connectivity index (χ1) is 10.6. The summed E-state index contributed by atoms with van der Waals surface area (Å²) in [6.07, 6.45) is 1.53. The third-order valence-corrected chi connectivity index (χ3v) is 4.02. The summed E-state index contributed by atoms with van der Waals surface area (Å²) in [4.78, 5) is 16.7. The van der Waals surface area contributed by atoms with Crippen LogP contribution in [0, 0.1) is 12.7 Å². The van der Waals surface area contributed by atoms with Crippen LogP contribution in [0.4, 0.5) is 10.1 Å². The van der Waals surface area contributed by atoms with Crippen molar-refractivity contribution in [1.29, 1.82) is 0 Å². The molecular weight excluding hydrogens is 299 g/mol. The summed E-state index contributed by atoms with van der Waals surface area (Å²) in [6, 6.07) is 14.0. The molecule has 1 saturated heterocycles. The van der Waals surface area contributed by atoms with Gasteiger partial charge in [0.1, 0.15) is 5.82 Å². The number of carbonyl (C=O) groups excluding carboxylic acids is 1. The van der Waals surface area contributed by atoms with Gasteiger partial charge in [0, 0.05) is 5.56 Å². The van der Waals surface area contributed by atoms with Gasteiger partial charge >= 0.3 is 0 Å². The number of halogens is 1. The van der Waals surface area contributed by atoms with Crippen molar-refractivity contribution >= 4 is 34.6 Å². The Morgan fingerprint density at radius 2 is 1.86 bits per heavy atom. The van der Waals surface area contributed by atoms with Gasteiger partial charge in [0.25, 0.3) is 5.91 Å². The van der Waals surface area contributed by atoms with Crippen LogP contribution in [0.5, 0.6) is 0 Å². The number of aliphatic imine (C=N–C) groups is 1. The first kappa shape index (κ1) is 14.5. The van der Waals surface area contributed by atoms with Crippen LogP contribution in [0.25, 0.3) is 6.08 Å². The minimum absolute atomic E-state index is 0.265. The van der Waals surface area contributed by atoms with Gasteiger partial charge in [-0.2, -0.15) is 0 Å². The second-order valence-electron chi connectivity index (χ2n) is 4.84. The number of thioether (sulfide) groups is 1. The van der Waals surface area contributed by atoms with Gasteiger partial charge in [-0.3, -0.25) is 4.79 Å². The van der Waals surface area contributed by atoms with Gasteiger partial charge in [-0.05, 0) is 43.0 Å². The summed E-state index contributed by atoms with van der Waals surface area (Å²) in [6.45, 7) is 2.00. The molecule has 2 aromatic rings. The lowest BCUT2D eigenvalue weighted by molar-refractivity contribution is -0.115. The summed E-state index contributed by atoms with van der Waals surface area (Å²) in [5.41, 5.74) is 2.30. The van der Waals surface area contributed by atoms with Gasteiger partial charge in [0.15, 0.2) is 5.17 Å². The molecular formula is C17H13FN2OS. The number of hydrogen-bond donors (Lipinski definition) is 1. The first-order valence-electron chi connectivity index (χ1n) is 6.72. The molecule has 3 nitrogen and oxygen atoms in total. The van der Waals surface area contributed by atoms with Crippen LogP contribution < -0.4 is 5.32 Å². The molecule has 1 heterocycles.